The van der Waals surface area contributed by atoms with Crippen molar-refractivity contribution in [1.82, 2.24) is 5.32 Å². The average molecular weight is 587 g/mol. The van der Waals surface area contributed by atoms with Crippen LogP contribution in [0.25, 0.3) is 0 Å². The number of aliphatic hydroxyl groups is 1. The molecule has 1 aromatic carbocycles. The molecular formula is C24H30INO8. The third-order valence-electron chi connectivity index (χ3n) is 5.31. The Balaban J connectivity index is 1.63. The van der Waals surface area contributed by atoms with E-state index in [2.05, 4.69) is 27.9 Å². The van der Waals surface area contributed by atoms with Gasteiger partial charge in [0.2, 0.25) is 5.91 Å². The predicted molar refractivity (Wildman–Crippen MR) is 130 cm³/mol. The minimum atomic E-state index is -0.712. The standard InChI is InChI=1S/C24H30INO8/c1-24(2,3)34-20(28)9-8-15(12-27)26-22(29)14-10-18-21(32-13-31-18)19(11-14)33-23(30)16-6-4-5-7-17(16)25/h4-7,10,15,18-19,21,27H,8-9,11-13H2,1-3H3,(H,26,29)/t15-,18+,19+,21+/m0/s1. The Morgan fingerprint density at radius 1 is 1.24 bits per heavy atom. The topological polar surface area (TPSA) is 120 Å². The molecule has 4 atom stereocenters. The molecule has 1 saturated heterocycles. The highest BCUT2D eigenvalue weighted by atomic mass is 127. The van der Waals surface area contributed by atoms with Crippen LogP contribution in [0.2, 0.25) is 0 Å². The van der Waals surface area contributed by atoms with Crippen LogP contribution in [0.4, 0.5) is 0 Å². The summed E-state index contributed by atoms with van der Waals surface area (Å²) in [5.74, 6) is -1.33. The minimum Gasteiger partial charge on any atom is -0.460 e. The number of hydrogen-bond acceptors (Lipinski definition) is 8. The lowest BCUT2D eigenvalue weighted by Crippen LogP contribution is -2.45. The lowest BCUT2D eigenvalue weighted by Gasteiger charge is -2.30. The number of ether oxygens (including phenoxy) is 4. The van der Waals surface area contributed by atoms with Gasteiger partial charge in [0.25, 0.3) is 0 Å². The van der Waals surface area contributed by atoms with Crippen LogP contribution in [0.3, 0.4) is 0 Å². The second-order valence-electron chi connectivity index (χ2n) is 9.18. The van der Waals surface area contributed by atoms with Gasteiger partial charge in [0, 0.05) is 22.0 Å². The predicted octanol–water partition coefficient (Wildman–Crippen LogP) is 2.49. The van der Waals surface area contributed by atoms with E-state index in [1.54, 1.807) is 45.0 Å². The van der Waals surface area contributed by atoms with E-state index in [4.69, 9.17) is 18.9 Å². The molecule has 0 unspecified atom stereocenters. The van der Waals surface area contributed by atoms with Crippen LogP contribution in [0, 0.1) is 3.57 Å². The van der Waals surface area contributed by atoms with Crippen LogP contribution in [-0.2, 0) is 28.5 Å². The largest absolute Gasteiger partial charge is 0.460 e. The van der Waals surface area contributed by atoms with Crippen molar-refractivity contribution in [3.8, 4) is 0 Å². The van der Waals surface area contributed by atoms with Crippen molar-refractivity contribution in [3.05, 3.63) is 45.0 Å². The molecular weight excluding hydrogens is 557 g/mol. The Labute approximate surface area is 212 Å². The first-order valence-corrected chi connectivity index (χ1v) is 12.2. The second-order valence-corrected chi connectivity index (χ2v) is 10.3. The van der Waals surface area contributed by atoms with Crippen molar-refractivity contribution in [2.24, 2.45) is 0 Å². The van der Waals surface area contributed by atoms with Gasteiger partial charge in [-0.1, -0.05) is 12.1 Å². The van der Waals surface area contributed by atoms with Crippen LogP contribution in [0.15, 0.2) is 35.9 Å². The number of benzene rings is 1. The first-order chi connectivity index (χ1) is 16.1. The van der Waals surface area contributed by atoms with E-state index in [1.165, 1.54) is 0 Å². The van der Waals surface area contributed by atoms with Crippen LogP contribution in [-0.4, -0.2) is 66.3 Å². The van der Waals surface area contributed by atoms with Crippen molar-refractivity contribution in [2.75, 3.05) is 13.4 Å². The fraction of sp³-hybridized carbons (Fsp3) is 0.542. The van der Waals surface area contributed by atoms with Gasteiger partial charge >= 0.3 is 11.9 Å². The maximum Gasteiger partial charge on any atom is 0.339 e. The van der Waals surface area contributed by atoms with Crippen molar-refractivity contribution < 1.29 is 38.4 Å². The van der Waals surface area contributed by atoms with Gasteiger partial charge in [-0.2, -0.15) is 0 Å². The molecule has 3 rings (SSSR count). The van der Waals surface area contributed by atoms with Gasteiger partial charge in [-0.25, -0.2) is 4.79 Å². The summed E-state index contributed by atoms with van der Waals surface area (Å²) in [7, 11) is 0. The summed E-state index contributed by atoms with van der Waals surface area (Å²) < 4.78 is 22.9. The third-order valence-corrected chi connectivity index (χ3v) is 6.25. The summed E-state index contributed by atoms with van der Waals surface area (Å²) in [4.78, 5) is 37.7. The van der Waals surface area contributed by atoms with Gasteiger partial charge in [0.05, 0.1) is 18.2 Å². The Hall–Kier alpha value is -2.02. The molecule has 2 N–H and O–H groups in total. The number of rotatable bonds is 8. The molecule has 9 nitrogen and oxygen atoms in total. The molecule has 34 heavy (non-hydrogen) atoms. The molecule has 0 spiro atoms. The molecule has 1 aliphatic carbocycles. The molecule has 1 amide bonds. The van der Waals surface area contributed by atoms with Gasteiger partial charge in [-0.05, 0) is 68.0 Å². The normalized spacial score (nSPS) is 22.9. The van der Waals surface area contributed by atoms with Crippen molar-refractivity contribution in [1.29, 1.82) is 0 Å². The Bertz CT molecular complexity index is 941. The van der Waals surface area contributed by atoms with E-state index in [-0.39, 0.29) is 32.7 Å². The zero-order valence-corrected chi connectivity index (χ0v) is 21.6. The van der Waals surface area contributed by atoms with Crippen molar-refractivity contribution in [2.45, 2.75) is 70.0 Å². The lowest BCUT2D eigenvalue weighted by atomic mass is 9.91. The molecule has 1 aliphatic heterocycles. The lowest BCUT2D eigenvalue weighted by molar-refractivity contribution is -0.155. The van der Waals surface area contributed by atoms with Gasteiger partial charge < -0.3 is 29.4 Å². The van der Waals surface area contributed by atoms with E-state index in [0.29, 0.717) is 11.1 Å². The van der Waals surface area contributed by atoms with E-state index >= 15 is 0 Å². The number of carbonyl (C=O) groups is 3. The van der Waals surface area contributed by atoms with Gasteiger partial charge in [0.15, 0.2) is 0 Å². The number of hydrogen-bond donors (Lipinski definition) is 2. The molecule has 186 valence electrons. The molecule has 1 aromatic rings. The summed E-state index contributed by atoms with van der Waals surface area (Å²) in [6, 6.07) is 6.43. The summed E-state index contributed by atoms with van der Waals surface area (Å²) >= 11 is 2.06. The van der Waals surface area contributed by atoms with Crippen LogP contribution < -0.4 is 5.32 Å². The van der Waals surface area contributed by atoms with Crippen LogP contribution in [0.5, 0.6) is 0 Å². The highest BCUT2D eigenvalue weighted by Gasteiger charge is 2.42. The van der Waals surface area contributed by atoms with Gasteiger partial charge in [0.1, 0.15) is 30.7 Å². The first kappa shape index (κ1) is 26.6. The van der Waals surface area contributed by atoms with Crippen LogP contribution >= 0.6 is 22.6 Å². The maximum atomic E-state index is 12.9. The third kappa shape index (κ3) is 7.24. The summed E-state index contributed by atoms with van der Waals surface area (Å²) in [6.07, 6.45) is 0.317. The van der Waals surface area contributed by atoms with E-state index in [9.17, 15) is 19.5 Å². The molecule has 0 saturated carbocycles. The number of aliphatic hydroxyl groups excluding tert-OH is 1. The minimum absolute atomic E-state index is 0.0345. The summed E-state index contributed by atoms with van der Waals surface area (Å²) in [5.41, 5.74) is 0.191. The molecule has 0 radical (unpaired) electrons. The number of amides is 1. The number of halogens is 1. The smallest absolute Gasteiger partial charge is 0.339 e. The molecule has 0 bridgehead atoms. The number of carbonyl (C=O) groups excluding carboxylic acids is 3. The Morgan fingerprint density at radius 3 is 2.65 bits per heavy atom. The number of fused-ring (bicyclic) bond motifs is 1. The van der Waals surface area contributed by atoms with Crippen LogP contribution in [0.1, 0.15) is 50.4 Å². The summed E-state index contributed by atoms with van der Waals surface area (Å²) in [6.45, 7) is 5.02. The molecule has 10 heteroatoms. The number of nitrogens with one attached hydrogen (secondary N) is 1. The van der Waals surface area contributed by atoms with E-state index in [1.807, 2.05) is 6.07 Å². The molecule has 0 aromatic heterocycles. The summed E-state index contributed by atoms with van der Waals surface area (Å²) in [5, 5.41) is 12.4. The SMILES string of the molecule is CC(C)(C)OC(=O)CC[C@@H](CO)NC(=O)C1=C[C@H]2OCO[C@H]2[C@H](OC(=O)c2ccccc2I)C1. The zero-order chi connectivity index (χ0) is 24.9. The highest BCUT2D eigenvalue weighted by molar-refractivity contribution is 14.1. The van der Waals surface area contributed by atoms with Crippen molar-refractivity contribution in [3.63, 3.8) is 0 Å². The monoisotopic (exact) mass is 587 g/mol. The van der Waals surface area contributed by atoms with Crippen molar-refractivity contribution >= 4 is 40.4 Å². The average Bonchev–Trinajstić information content (AvgIpc) is 3.24. The maximum absolute atomic E-state index is 12.9. The fourth-order valence-electron chi connectivity index (χ4n) is 3.72. The van der Waals surface area contributed by atoms with E-state index < -0.39 is 47.8 Å². The first-order valence-electron chi connectivity index (χ1n) is 11.1. The Morgan fingerprint density at radius 2 is 1.97 bits per heavy atom. The molecule has 1 heterocycles. The molecule has 1 fully saturated rings. The zero-order valence-electron chi connectivity index (χ0n) is 19.4. The molecule has 2 aliphatic rings. The van der Waals surface area contributed by atoms with Gasteiger partial charge in [-0.3, -0.25) is 9.59 Å². The second kappa shape index (κ2) is 11.6. The highest BCUT2D eigenvalue weighted by Crippen LogP contribution is 2.31. The van der Waals surface area contributed by atoms with Gasteiger partial charge in [-0.15, -0.1) is 0 Å². The quantitative estimate of drug-likeness (QED) is 0.352. The number of esters is 2. The Kier molecular flexibility index (Phi) is 9.07. The van der Waals surface area contributed by atoms with E-state index in [0.717, 1.165) is 3.57 Å². The fourth-order valence-corrected chi connectivity index (χ4v) is 4.33.